The quantitative estimate of drug-likeness (QED) is 0.438. The molecule has 3 aromatic rings. The summed E-state index contributed by atoms with van der Waals surface area (Å²) in [7, 11) is 0. The highest BCUT2D eigenvalue weighted by molar-refractivity contribution is 8.44. The maximum absolute atomic E-state index is 8.30. The number of fused-ring (bicyclic) bond motifs is 1. The number of benzene rings is 1. The van der Waals surface area contributed by atoms with Crippen LogP contribution in [0.2, 0.25) is 0 Å². The molecule has 0 saturated carbocycles. The van der Waals surface area contributed by atoms with Crippen molar-refractivity contribution in [1.29, 1.82) is 10.8 Å². The number of H-pyrrole nitrogens is 1. The molecule has 1 aromatic carbocycles. The van der Waals surface area contributed by atoms with Gasteiger partial charge in [0.15, 0.2) is 0 Å². The first kappa shape index (κ1) is 19.0. The van der Waals surface area contributed by atoms with Crippen molar-refractivity contribution in [3.63, 3.8) is 0 Å². The number of hydrogen-bond donors (Lipinski definition) is 3. The third-order valence-electron chi connectivity index (χ3n) is 4.67. The fraction of sp³-hybridized carbons (Fsp3) is 0.250. The van der Waals surface area contributed by atoms with Gasteiger partial charge in [0.25, 0.3) is 0 Å². The van der Waals surface area contributed by atoms with Crippen LogP contribution in [0.15, 0.2) is 42.6 Å². The van der Waals surface area contributed by atoms with E-state index < -0.39 is 0 Å². The zero-order chi connectivity index (χ0) is 19.5. The standard InChI is InChI=1S/C20H21N5OS2/c1-27-20(22)28-19(21)13-5-6-16-14(11-13)15(12-23-16)17-3-2-4-18(24-17)25-7-9-26-10-8-25/h2-6,11-12,21-23H,7-10H2,1H3. The van der Waals surface area contributed by atoms with Crippen LogP contribution in [0.3, 0.4) is 0 Å². The Balaban J connectivity index is 1.68. The van der Waals surface area contributed by atoms with E-state index in [4.69, 9.17) is 20.5 Å². The van der Waals surface area contributed by atoms with Crippen LogP contribution in [0.4, 0.5) is 5.82 Å². The fourth-order valence-corrected chi connectivity index (χ4v) is 4.22. The molecule has 4 rings (SSSR count). The number of morpholine rings is 1. The van der Waals surface area contributed by atoms with Gasteiger partial charge < -0.3 is 14.6 Å². The molecule has 28 heavy (non-hydrogen) atoms. The number of nitrogens with zero attached hydrogens (tertiary/aromatic N) is 2. The molecule has 3 N–H and O–H groups in total. The number of hydrogen-bond acceptors (Lipinski definition) is 7. The zero-order valence-electron chi connectivity index (χ0n) is 15.5. The van der Waals surface area contributed by atoms with Gasteiger partial charge in [-0.2, -0.15) is 0 Å². The van der Waals surface area contributed by atoms with Crippen molar-refractivity contribution in [1.82, 2.24) is 9.97 Å². The molecule has 0 unspecified atom stereocenters. The van der Waals surface area contributed by atoms with Gasteiger partial charge in [-0.25, -0.2) is 4.98 Å². The van der Waals surface area contributed by atoms with Crippen molar-refractivity contribution >= 4 is 49.7 Å². The van der Waals surface area contributed by atoms with Gasteiger partial charge >= 0.3 is 0 Å². The first-order valence-electron chi connectivity index (χ1n) is 8.96. The first-order chi connectivity index (χ1) is 13.7. The molecule has 0 spiro atoms. The third kappa shape index (κ3) is 3.94. The van der Waals surface area contributed by atoms with Gasteiger partial charge in [-0.05, 0) is 42.3 Å². The number of ether oxygens (including phenoxy) is 1. The first-order valence-corrected chi connectivity index (χ1v) is 11.0. The van der Waals surface area contributed by atoms with Crippen molar-refractivity contribution < 1.29 is 4.74 Å². The summed E-state index contributed by atoms with van der Waals surface area (Å²) in [5, 5.41) is 17.5. The summed E-state index contributed by atoms with van der Waals surface area (Å²) in [6.07, 6.45) is 3.82. The highest BCUT2D eigenvalue weighted by Crippen LogP contribution is 2.31. The Morgan fingerprint density at radius 3 is 2.79 bits per heavy atom. The molecule has 1 saturated heterocycles. The molecule has 1 aliphatic heterocycles. The molecule has 1 aliphatic rings. The molecular formula is C20H21N5OS2. The lowest BCUT2D eigenvalue weighted by Crippen LogP contribution is -2.36. The van der Waals surface area contributed by atoms with Crippen molar-refractivity contribution in [3.05, 3.63) is 48.2 Å². The molecule has 3 heterocycles. The maximum atomic E-state index is 8.30. The monoisotopic (exact) mass is 411 g/mol. The lowest BCUT2D eigenvalue weighted by atomic mass is 10.1. The van der Waals surface area contributed by atoms with Crippen LogP contribution in [0, 0.1) is 10.8 Å². The van der Waals surface area contributed by atoms with Crippen LogP contribution in [0.1, 0.15) is 5.56 Å². The number of rotatable bonds is 3. The second kappa shape index (κ2) is 8.38. The van der Waals surface area contributed by atoms with Crippen LogP contribution in [-0.2, 0) is 4.74 Å². The average molecular weight is 412 g/mol. The minimum absolute atomic E-state index is 0.378. The third-order valence-corrected chi connectivity index (χ3v) is 6.42. The van der Waals surface area contributed by atoms with Crippen molar-refractivity contribution in [3.8, 4) is 11.3 Å². The molecular weight excluding hydrogens is 390 g/mol. The number of thioether (sulfide) groups is 2. The summed E-state index contributed by atoms with van der Waals surface area (Å²) < 4.78 is 5.86. The van der Waals surface area contributed by atoms with E-state index in [1.165, 1.54) is 23.5 Å². The van der Waals surface area contributed by atoms with Crippen LogP contribution in [-0.4, -0.2) is 51.9 Å². The SMILES string of the molecule is CSC(=N)SC(=N)c1ccc2[nH]cc(-c3cccc(N4CCOCC4)n3)c2c1. The van der Waals surface area contributed by atoms with Crippen molar-refractivity contribution in [2.24, 2.45) is 0 Å². The average Bonchev–Trinajstić information content (AvgIpc) is 3.17. The smallest absolute Gasteiger partial charge is 0.129 e. The van der Waals surface area contributed by atoms with Crippen LogP contribution in [0.5, 0.6) is 0 Å². The predicted octanol–water partition coefficient (Wildman–Crippen LogP) is 4.42. The molecule has 0 amide bonds. The van der Waals surface area contributed by atoms with Crippen LogP contribution < -0.4 is 4.90 Å². The van der Waals surface area contributed by atoms with Gasteiger partial charge in [0.2, 0.25) is 0 Å². The Labute approximate surface area is 172 Å². The van der Waals surface area contributed by atoms with Gasteiger partial charge in [-0.3, -0.25) is 10.8 Å². The van der Waals surface area contributed by atoms with Gasteiger partial charge in [0.1, 0.15) is 15.2 Å². The number of aromatic amines is 1. The molecule has 1 fully saturated rings. The van der Waals surface area contributed by atoms with Crippen molar-refractivity contribution in [2.75, 3.05) is 37.5 Å². The Bertz CT molecular complexity index is 1030. The minimum Gasteiger partial charge on any atom is -0.378 e. The van der Waals surface area contributed by atoms with E-state index in [9.17, 15) is 0 Å². The lowest BCUT2D eigenvalue weighted by molar-refractivity contribution is 0.122. The Morgan fingerprint density at radius 1 is 1.18 bits per heavy atom. The second-order valence-corrected chi connectivity index (χ2v) is 8.46. The van der Waals surface area contributed by atoms with E-state index in [1.54, 1.807) is 0 Å². The number of aromatic nitrogens is 2. The summed E-state index contributed by atoms with van der Waals surface area (Å²) in [5.41, 5.74) is 3.74. The highest BCUT2D eigenvalue weighted by atomic mass is 32.2. The van der Waals surface area contributed by atoms with E-state index in [-0.39, 0.29) is 0 Å². The summed E-state index contributed by atoms with van der Waals surface area (Å²) in [6, 6.07) is 12.0. The molecule has 2 aromatic heterocycles. The summed E-state index contributed by atoms with van der Waals surface area (Å²) in [5.74, 6) is 0.961. The summed E-state index contributed by atoms with van der Waals surface area (Å²) in [6.45, 7) is 3.16. The number of pyridine rings is 1. The van der Waals surface area contributed by atoms with E-state index in [2.05, 4.69) is 9.88 Å². The van der Waals surface area contributed by atoms with Gasteiger partial charge in [0.05, 0.1) is 18.9 Å². The number of anilines is 1. The maximum Gasteiger partial charge on any atom is 0.129 e. The molecule has 8 heteroatoms. The molecule has 0 atom stereocenters. The highest BCUT2D eigenvalue weighted by Gasteiger charge is 2.15. The molecule has 144 valence electrons. The predicted molar refractivity (Wildman–Crippen MR) is 120 cm³/mol. The largest absolute Gasteiger partial charge is 0.378 e. The topological polar surface area (TPSA) is 88.9 Å². The summed E-state index contributed by atoms with van der Waals surface area (Å²) in [4.78, 5) is 10.4. The molecule has 0 radical (unpaired) electrons. The van der Waals surface area contributed by atoms with E-state index in [0.717, 1.165) is 59.8 Å². The van der Waals surface area contributed by atoms with E-state index >= 15 is 0 Å². The van der Waals surface area contributed by atoms with Gasteiger partial charge in [-0.1, -0.05) is 12.1 Å². The minimum atomic E-state index is 0.378. The second-order valence-electron chi connectivity index (χ2n) is 6.37. The molecule has 0 bridgehead atoms. The van der Waals surface area contributed by atoms with Gasteiger partial charge in [0, 0.05) is 41.3 Å². The van der Waals surface area contributed by atoms with E-state index in [0.29, 0.717) is 9.42 Å². The Kier molecular flexibility index (Phi) is 5.70. The number of nitrogens with one attached hydrogen (secondary N) is 3. The summed E-state index contributed by atoms with van der Waals surface area (Å²) >= 11 is 2.52. The Morgan fingerprint density at radius 2 is 2.00 bits per heavy atom. The zero-order valence-corrected chi connectivity index (χ0v) is 17.1. The molecule has 6 nitrogen and oxygen atoms in total. The lowest BCUT2D eigenvalue weighted by Gasteiger charge is -2.28. The van der Waals surface area contributed by atoms with E-state index in [1.807, 2.05) is 48.9 Å². The van der Waals surface area contributed by atoms with Crippen molar-refractivity contribution in [2.45, 2.75) is 0 Å². The van der Waals surface area contributed by atoms with Crippen LogP contribution >= 0.6 is 23.5 Å². The normalized spacial score (nSPS) is 14.4. The molecule has 0 aliphatic carbocycles. The van der Waals surface area contributed by atoms with Gasteiger partial charge in [-0.15, -0.1) is 11.8 Å². The van der Waals surface area contributed by atoms with Crippen LogP contribution in [0.25, 0.3) is 22.2 Å². The Hall–Kier alpha value is -2.29. The fourth-order valence-electron chi connectivity index (χ4n) is 3.21.